The maximum atomic E-state index is 4.57. The Morgan fingerprint density at radius 3 is 2.62 bits per heavy atom. The molecule has 0 radical (unpaired) electrons. The second-order valence-electron chi connectivity index (χ2n) is 5.46. The Hall–Kier alpha value is -2.62. The van der Waals surface area contributed by atoms with Gasteiger partial charge in [-0.25, -0.2) is 4.98 Å². The maximum absolute atomic E-state index is 4.57. The fraction of sp³-hybridized carbons (Fsp3) is 0.176. The SMILES string of the molecule is Cc1nc(-c2cc3c4ccccc4n(C)c3cn2)[nH]c1C. The number of imidazole rings is 1. The number of aromatic amines is 1. The van der Waals surface area contributed by atoms with Gasteiger partial charge in [0.05, 0.1) is 17.4 Å². The molecule has 0 atom stereocenters. The standard InChI is InChI=1S/C17H16N4/c1-10-11(2)20-17(19-10)14-8-13-12-6-4-5-7-15(12)21(3)16(13)9-18-14/h4-9H,1-3H3,(H,19,20). The molecule has 0 saturated carbocycles. The molecule has 4 heteroatoms. The number of aryl methyl sites for hydroxylation is 3. The molecule has 0 spiro atoms. The molecule has 1 aromatic carbocycles. The number of hydrogen-bond donors (Lipinski definition) is 1. The molecule has 4 aromatic rings. The fourth-order valence-corrected chi connectivity index (χ4v) is 2.85. The van der Waals surface area contributed by atoms with Gasteiger partial charge in [-0.3, -0.25) is 4.98 Å². The molecular formula is C17H16N4. The molecule has 0 bridgehead atoms. The van der Waals surface area contributed by atoms with E-state index < -0.39 is 0 Å². The molecule has 0 unspecified atom stereocenters. The van der Waals surface area contributed by atoms with E-state index in [1.807, 2.05) is 20.0 Å². The van der Waals surface area contributed by atoms with Gasteiger partial charge >= 0.3 is 0 Å². The van der Waals surface area contributed by atoms with Gasteiger partial charge in [-0.05, 0) is 26.0 Å². The summed E-state index contributed by atoms with van der Waals surface area (Å²) in [5.41, 5.74) is 5.35. The first-order valence-corrected chi connectivity index (χ1v) is 7.02. The van der Waals surface area contributed by atoms with Crippen LogP contribution in [0.5, 0.6) is 0 Å². The summed E-state index contributed by atoms with van der Waals surface area (Å²) in [6.07, 6.45) is 1.93. The lowest BCUT2D eigenvalue weighted by Crippen LogP contribution is -1.89. The molecule has 0 aliphatic carbocycles. The monoisotopic (exact) mass is 276 g/mol. The van der Waals surface area contributed by atoms with Crippen LogP contribution in [0.25, 0.3) is 33.3 Å². The van der Waals surface area contributed by atoms with Gasteiger partial charge in [0.25, 0.3) is 0 Å². The van der Waals surface area contributed by atoms with E-state index in [2.05, 4.69) is 56.9 Å². The molecular weight excluding hydrogens is 260 g/mol. The number of rotatable bonds is 1. The summed E-state index contributed by atoms with van der Waals surface area (Å²) in [7, 11) is 2.08. The van der Waals surface area contributed by atoms with Crippen molar-refractivity contribution < 1.29 is 0 Å². The number of hydrogen-bond acceptors (Lipinski definition) is 2. The Morgan fingerprint density at radius 1 is 1.05 bits per heavy atom. The lowest BCUT2D eigenvalue weighted by atomic mass is 10.1. The Morgan fingerprint density at radius 2 is 1.86 bits per heavy atom. The van der Waals surface area contributed by atoms with E-state index in [9.17, 15) is 0 Å². The van der Waals surface area contributed by atoms with Crippen LogP contribution in [0.15, 0.2) is 36.5 Å². The molecule has 3 aromatic heterocycles. The van der Waals surface area contributed by atoms with E-state index in [1.54, 1.807) is 0 Å². The number of para-hydroxylation sites is 1. The first-order valence-electron chi connectivity index (χ1n) is 7.02. The third-order valence-corrected chi connectivity index (χ3v) is 4.17. The van der Waals surface area contributed by atoms with Gasteiger partial charge < -0.3 is 9.55 Å². The van der Waals surface area contributed by atoms with Crippen LogP contribution < -0.4 is 0 Å². The summed E-state index contributed by atoms with van der Waals surface area (Å²) in [4.78, 5) is 12.4. The molecule has 4 nitrogen and oxygen atoms in total. The zero-order valence-electron chi connectivity index (χ0n) is 12.3. The van der Waals surface area contributed by atoms with Crippen molar-refractivity contribution in [2.75, 3.05) is 0 Å². The van der Waals surface area contributed by atoms with E-state index in [0.29, 0.717) is 0 Å². The minimum atomic E-state index is 0.833. The highest BCUT2D eigenvalue weighted by Gasteiger charge is 2.12. The van der Waals surface area contributed by atoms with E-state index in [0.717, 1.165) is 28.4 Å². The first kappa shape index (κ1) is 12.1. The second kappa shape index (κ2) is 4.19. The quantitative estimate of drug-likeness (QED) is 0.575. The molecule has 4 rings (SSSR count). The molecule has 1 N–H and O–H groups in total. The van der Waals surface area contributed by atoms with E-state index >= 15 is 0 Å². The van der Waals surface area contributed by atoms with Crippen molar-refractivity contribution in [2.24, 2.45) is 7.05 Å². The third kappa shape index (κ3) is 1.69. The lowest BCUT2D eigenvalue weighted by Gasteiger charge is -1.99. The van der Waals surface area contributed by atoms with E-state index in [-0.39, 0.29) is 0 Å². The van der Waals surface area contributed by atoms with Gasteiger partial charge in [0.1, 0.15) is 5.69 Å². The molecule has 0 saturated heterocycles. The van der Waals surface area contributed by atoms with Gasteiger partial charge in [-0.1, -0.05) is 18.2 Å². The van der Waals surface area contributed by atoms with Gasteiger partial charge in [-0.15, -0.1) is 0 Å². The second-order valence-corrected chi connectivity index (χ2v) is 5.46. The normalized spacial score (nSPS) is 11.6. The van der Waals surface area contributed by atoms with Crippen molar-refractivity contribution in [2.45, 2.75) is 13.8 Å². The van der Waals surface area contributed by atoms with E-state index in [1.165, 1.54) is 16.3 Å². The minimum absolute atomic E-state index is 0.833. The Bertz CT molecular complexity index is 956. The summed E-state index contributed by atoms with van der Waals surface area (Å²) in [6.45, 7) is 4.04. The summed E-state index contributed by atoms with van der Waals surface area (Å²) >= 11 is 0. The zero-order valence-corrected chi connectivity index (χ0v) is 12.3. The van der Waals surface area contributed by atoms with Crippen LogP contribution in [0.2, 0.25) is 0 Å². The van der Waals surface area contributed by atoms with Crippen LogP contribution in [-0.4, -0.2) is 19.5 Å². The van der Waals surface area contributed by atoms with Crippen LogP contribution in [0.1, 0.15) is 11.4 Å². The van der Waals surface area contributed by atoms with Gasteiger partial charge in [0, 0.05) is 29.0 Å². The number of benzene rings is 1. The molecule has 0 amide bonds. The molecule has 21 heavy (non-hydrogen) atoms. The molecule has 104 valence electrons. The number of H-pyrrole nitrogens is 1. The highest BCUT2D eigenvalue weighted by molar-refractivity contribution is 6.08. The van der Waals surface area contributed by atoms with Crippen molar-refractivity contribution in [3.63, 3.8) is 0 Å². The number of nitrogens with zero attached hydrogens (tertiary/aromatic N) is 3. The summed E-state index contributed by atoms with van der Waals surface area (Å²) in [5.74, 6) is 0.833. The number of nitrogens with one attached hydrogen (secondary N) is 1. The maximum Gasteiger partial charge on any atom is 0.156 e. The topological polar surface area (TPSA) is 46.5 Å². The highest BCUT2D eigenvalue weighted by atomic mass is 15.0. The van der Waals surface area contributed by atoms with Crippen molar-refractivity contribution >= 4 is 21.8 Å². The highest BCUT2D eigenvalue weighted by Crippen LogP contribution is 2.29. The third-order valence-electron chi connectivity index (χ3n) is 4.17. The summed E-state index contributed by atoms with van der Waals surface area (Å²) in [6, 6.07) is 10.5. The summed E-state index contributed by atoms with van der Waals surface area (Å²) < 4.78 is 2.18. The van der Waals surface area contributed by atoms with Crippen LogP contribution >= 0.6 is 0 Å². The van der Waals surface area contributed by atoms with Gasteiger partial charge in [0.2, 0.25) is 0 Å². The number of aromatic nitrogens is 4. The zero-order chi connectivity index (χ0) is 14.6. The number of fused-ring (bicyclic) bond motifs is 3. The van der Waals surface area contributed by atoms with Crippen molar-refractivity contribution in [3.8, 4) is 11.5 Å². The fourth-order valence-electron chi connectivity index (χ4n) is 2.85. The van der Waals surface area contributed by atoms with Crippen LogP contribution in [0.3, 0.4) is 0 Å². The number of pyridine rings is 1. The minimum Gasteiger partial charge on any atom is -0.342 e. The van der Waals surface area contributed by atoms with Crippen molar-refractivity contribution in [1.29, 1.82) is 0 Å². The lowest BCUT2D eigenvalue weighted by molar-refractivity contribution is 1.01. The molecule has 0 aliphatic heterocycles. The van der Waals surface area contributed by atoms with Gasteiger partial charge in [-0.2, -0.15) is 0 Å². The molecule has 0 aliphatic rings. The summed E-state index contributed by atoms with van der Waals surface area (Å²) in [5, 5.41) is 2.46. The van der Waals surface area contributed by atoms with Crippen molar-refractivity contribution in [3.05, 3.63) is 47.9 Å². The Balaban J connectivity index is 2.03. The predicted octanol–water partition coefficient (Wildman–Crippen LogP) is 3.73. The predicted molar refractivity (Wildman–Crippen MR) is 85.3 cm³/mol. The largest absolute Gasteiger partial charge is 0.342 e. The van der Waals surface area contributed by atoms with Crippen molar-refractivity contribution in [1.82, 2.24) is 19.5 Å². The molecule has 0 fully saturated rings. The van der Waals surface area contributed by atoms with Crippen LogP contribution in [0, 0.1) is 13.8 Å². The average Bonchev–Trinajstić information content (AvgIpc) is 2.99. The van der Waals surface area contributed by atoms with Gasteiger partial charge in [0.15, 0.2) is 5.82 Å². The smallest absolute Gasteiger partial charge is 0.156 e. The van der Waals surface area contributed by atoms with E-state index in [4.69, 9.17) is 0 Å². The Kier molecular flexibility index (Phi) is 2.42. The van der Waals surface area contributed by atoms with Crippen LogP contribution in [0.4, 0.5) is 0 Å². The average molecular weight is 276 g/mol. The van der Waals surface area contributed by atoms with Crippen LogP contribution in [-0.2, 0) is 7.05 Å². The Labute approximate surface area is 122 Å². The first-order chi connectivity index (χ1) is 10.1. The molecule has 3 heterocycles.